The molecule has 0 aromatic rings. The van der Waals surface area contributed by atoms with Gasteiger partial charge in [-0.2, -0.15) is 0 Å². The largest absolute Gasteiger partial charge is 0.462 e. The molecule has 0 aliphatic rings. The second kappa shape index (κ2) is 65.6. The number of allylic oxidation sites excluding steroid dienone is 18. The first-order valence-corrected chi connectivity index (χ1v) is 32.9. The molecule has 0 amide bonds. The van der Waals surface area contributed by atoms with Gasteiger partial charge in [-0.05, 0) is 128 Å². The van der Waals surface area contributed by atoms with Gasteiger partial charge in [0.05, 0.1) is 0 Å². The zero-order chi connectivity index (χ0) is 56.4. The van der Waals surface area contributed by atoms with Crippen LogP contribution >= 0.6 is 0 Å². The number of rotatable bonds is 59. The molecule has 0 rings (SSSR count). The third-order valence-electron chi connectivity index (χ3n) is 14.0. The maximum Gasteiger partial charge on any atom is 0.306 e. The van der Waals surface area contributed by atoms with Gasteiger partial charge < -0.3 is 14.2 Å². The van der Waals surface area contributed by atoms with Crippen molar-refractivity contribution in [2.24, 2.45) is 0 Å². The Labute approximate surface area is 482 Å². The molecular weight excluding hydrogens is 961 g/mol. The summed E-state index contributed by atoms with van der Waals surface area (Å²) in [6.45, 7) is 6.49. The first-order chi connectivity index (χ1) is 38.5. The first-order valence-electron chi connectivity index (χ1n) is 32.9. The number of unbranched alkanes of at least 4 members (excludes halogenated alkanes) is 30. The topological polar surface area (TPSA) is 78.9 Å². The molecule has 0 radical (unpaired) electrons. The number of hydrogen-bond donors (Lipinski definition) is 0. The zero-order valence-electron chi connectivity index (χ0n) is 51.2. The quantitative estimate of drug-likeness (QED) is 0.0261. The molecule has 78 heavy (non-hydrogen) atoms. The van der Waals surface area contributed by atoms with E-state index in [9.17, 15) is 14.4 Å². The van der Waals surface area contributed by atoms with Crippen molar-refractivity contribution in [3.63, 3.8) is 0 Å². The van der Waals surface area contributed by atoms with E-state index in [1.807, 2.05) is 0 Å². The predicted octanol–water partition coefficient (Wildman–Crippen LogP) is 22.6. The fraction of sp³-hybridized carbons (Fsp3) is 0.708. The molecule has 0 aromatic heterocycles. The Morgan fingerprint density at radius 3 is 0.821 bits per heavy atom. The zero-order valence-corrected chi connectivity index (χ0v) is 51.2. The molecular formula is C72H122O6. The number of carbonyl (C=O) groups is 3. The van der Waals surface area contributed by atoms with Crippen molar-refractivity contribution < 1.29 is 28.6 Å². The molecule has 0 aliphatic carbocycles. The Bertz CT molecular complexity index is 1570. The average molecular weight is 1080 g/mol. The molecule has 6 nitrogen and oxygen atoms in total. The maximum atomic E-state index is 12.9. The van der Waals surface area contributed by atoms with Crippen LogP contribution in [0.25, 0.3) is 0 Å². The van der Waals surface area contributed by atoms with Crippen molar-refractivity contribution >= 4 is 17.9 Å². The summed E-state index contributed by atoms with van der Waals surface area (Å²) < 4.78 is 16.9. The van der Waals surface area contributed by atoms with Gasteiger partial charge in [-0.25, -0.2) is 0 Å². The van der Waals surface area contributed by atoms with Gasteiger partial charge in [0.15, 0.2) is 6.10 Å². The van der Waals surface area contributed by atoms with Crippen molar-refractivity contribution in [1.29, 1.82) is 0 Å². The summed E-state index contributed by atoms with van der Waals surface area (Å²) in [5.41, 5.74) is 0. The van der Waals surface area contributed by atoms with Crippen molar-refractivity contribution in [3.05, 3.63) is 109 Å². The summed E-state index contributed by atoms with van der Waals surface area (Å²) in [6.07, 6.45) is 89.5. The minimum Gasteiger partial charge on any atom is -0.462 e. The molecule has 6 heteroatoms. The van der Waals surface area contributed by atoms with Crippen LogP contribution in [0.5, 0.6) is 0 Å². The van der Waals surface area contributed by atoms with Gasteiger partial charge in [0.25, 0.3) is 0 Å². The van der Waals surface area contributed by atoms with Crippen molar-refractivity contribution in [3.8, 4) is 0 Å². The standard InChI is InChI=1S/C72H122O6/c1-4-7-10-13-16-19-22-25-28-29-30-31-32-33-34-35-36-37-38-39-40-41-42-43-45-47-50-53-56-59-62-65-71(74)77-68-69(67-76-70(73)64-61-58-55-52-49-46-27-24-21-18-15-12-9-6-3)78-72(75)66-63-60-57-54-51-48-44-26-23-20-17-14-11-8-5-2/h7,10,16-17,19-20,24-28,30-31,33-34,36-37,44,69H,4-6,8-9,11-15,18,21-23,29,32,35,38-43,45-68H2,1-3H3/b10-7-,19-16-,20-17-,27-24-,28-25-,31-30-,34-33-,37-36-,44-26-. The lowest BCUT2D eigenvalue weighted by Crippen LogP contribution is -2.30. The summed E-state index contributed by atoms with van der Waals surface area (Å²) in [5.74, 6) is -0.903. The molecule has 0 fully saturated rings. The van der Waals surface area contributed by atoms with E-state index >= 15 is 0 Å². The van der Waals surface area contributed by atoms with E-state index in [1.54, 1.807) is 0 Å². The molecule has 0 spiro atoms. The Hall–Kier alpha value is -3.93. The van der Waals surface area contributed by atoms with Crippen molar-refractivity contribution in [2.45, 2.75) is 316 Å². The maximum absolute atomic E-state index is 12.9. The minimum absolute atomic E-state index is 0.0865. The van der Waals surface area contributed by atoms with E-state index < -0.39 is 6.10 Å². The summed E-state index contributed by atoms with van der Waals surface area (Å²) in [4.78, 5) is 38.3. The second-order valence-corrected chi connectivity index (χ2v) is 21.6. The number of hydrogen-bond acceptors (Lipinski definition) is 6. The number of carbonyl (C=O) groups excluding carboxylic acids is 3. The average Bonchev–Trinajstić information content (AvgIpc) is 3.44. The monoisotopic (exact) mass is 1080 g/mol. The third kappa shape index (κ3) is 62.9. The van der Waals surface area contributed by atoms with E-state index in [0.717, 1.165) is 128 Å². The molecule has 0 heterocycles. The van der Waals surface area contributed by atoms with E-state index in [4.69, 9.17) is 14.2 Å². The molecule has 0 aliphatic heterocycles. The normalized spacial score (nSPS) is 12.8. The minimum atomic E-state index is -0.791. The van der Waals surface area contributed by atoms with Crippen LogP contribution in [0, 0.1) is 0 Å². The van der Waals surface area contributed by atoms with Crippen LogP contribution in [0.3, 0.4) is 0 Å². The van der Waals surface area contributed by atoms with Crippen molar-refractivity contribution in [2.75, 3.05) is 13.2 Å². The molecule has 0 bridgehead atoms. The fourth-order valence-electron chi connectivity index (χ4n) is 9.06. The van der Waals surface area contributed by atoms with Gasteiger partial charge in [0, 0.05) is 19.3 Å². The molecule has 1 unspecified atom stereocenters. The lowest BCUT2D eigenvalue weighted by molar-refractivity contribution is -0.167. The van der Waals surface area contributed by atoms with E-state index in [1.165, 1.54) is 141 Å². The van der Waals surface area contributed by atoms with E-state index in [2.05, 4.69) is 130 Å². The summed E-state index contributed by atoms with van der Waals surface area (Å²) in [6, 6.07) is 0. The Kier molecular flexibility index (Phi) is 62.3. The molecule has 0 N–H and O–H groups in total. The highest BCUT2D eigenvalue weighted by Crippen LogP contribution is 2.16. The van der Waals surface area contributed by atoms with Crippen LogP contribution in [0.4, 0.5) is 0 Å². The van der Waals surface area contributed by atoms with E-state index in [-0.39, 0.29) is 31.1 Å². The molecule has 0 saturated carbocycles. The van der Waals surface area contributed by atoms with Gasteiger partial charge in [0.1, 0.15) is 13.2 Å². The summed E-state index contributed by atoms with van der Waals surface area (Å²) >= 11 is 0. The van der Waals surface area contributed by atoms with Crippen LogP contribution in [-0.4, -0.2) is 37.2 Å². The second-order valence-electron chi connectivity index (χ2n) is 21.6. The van der Waals surface area contributed by atoms with Gasteiger partial charge in [-0.1, -0.05) is 271 Å². The lowest BCUT2D eigenvalue weighted by atomic mass is 10.0. The number of ether oxygens (including phenoxy) is 3. The van der Waals surface area contributed by atoms with Crippen molar-refractivity contribution in [1.82, 2.24) is 0 Å². The van der Waals surface area contributed by atoms with Gasteiger partial charge in [-0.15, -0.1) is 0 Å². The van der Waals surface area contributed by atoms with Crippen LogP contribution in [-0.2, 0) is 28.6 Å². The molecule has 0 saturated heterocycles. The first kappa shape index (κ1) is 74.1. The third-order valence-corrected chi connectivity index (χ3v) is 14.0. The highest BCUT2D eigenvalue weighted by molar-refractivity contribution is 5.71. The summed E-state index contributed by atoms with van der Waals surface area (Å²) in [5, 5.41) is 0. The fourth-order valence-corrected chi connectivity index (χ4v) is 9.06. The predicted molar refractivity (Wildman–Crippen MR) is 339 cm³/mol. The van der Waals surface area contributed by atoms with Crippen LogP contribution in [0.15, 0.2) is 109 Å². The van der Waals surface area contributed by atoms with Crippen LogP contribution in [0.2, 0.25) is 0 Å². The Morgan fingerprint density at radius 1 is 0.269 bits per heavy atom. The molecule has 1 atom stereocenters. The molecule has 0 aromatic carbocycles. The highest BCUT2D eigenvalue weighted by atomic mass is 16.6. The van der Waals surface area contributed by atoms with Gasteiger partial charge in [0.2, 0.25) is 0 Å². The van der Waals surface area contributed by atoms with Gasteiger partial charge >= 0.3 is 17.9 Å². The highest BCUT2D eigenvalue weighted by Gasteiger charge is 2.19. The summed E-state index contributed by atoms with van der Waals surface area (Å²) in [7, 11) is 0. The van der Waals surface area contributed by atoms with Crippen LogP contribution in [0.1, 0.15) is 310 Å². The van der Waals surface area contributed by atoms with Gasteiger partial charge in [-0.3, -0.25) is 14.4 Å². The number of esters is 3. The molecule has 446 valence electrons. The van der Waals surface area contributed by atoms with Crippen LogP contribution < -0.4 is 0 Å². The Balaban J connectivity index is 4.26. The Morgan fingerprint density at radius 2 is 0.500 bits per heavy atom. The van der Waals surface area contributed by atoms with E-state index in [0.29, 0.717) is 19.3 Å². The lowest BCUT2D eigenvalue weighted by Gasteiger charge is -2.18. The SMILES string of the molecule is CC/C=C\C/C=C\C/C=C\C/C=C\C/C=C\C/C=C\CCCCCCCCCCCCCCC(=O)OCC(COC(=O)CCCCCCC/C=C\CCCCCCC)OC(=O)CCCCCCC/C=C\C/C=C\CCCCC. The smallest absolute Gasteiger partial charge is 0.306 e.